The molecule has 0 saturated carbocycles. The summed E-state index contributed by atoms with van der Waals surface area (Å²) >= 11 is 0. The van der Waals surface area contributed by atoms with Crippen LogP contribution in [-0.2, 0) is 4.74 Å². The Balaban J connectivity index is 2.41. The summed E-state index contributed by atoms with van der Waals surface area (Å²) in [5.74, 6) is 2.19. The molecule has 10 heavy (non-hydrogen) atoms. The van der Waals surface area contributed by atoms with E-state index < -0.39 is 0 Å². The molecular weight excluding hydrogens is 124 g/mol. The number of hydrogen-bond acceptors (Lipinski definition) is 1. The van der Waals surface area contributed by atoms with E-state index in [1.807, 2.05) is 6.92 Å². The molecule has 0 radical (unpaired) electrons. The molecule has 0 aromatic rings. The van der Waals surface area contributed by atoms with Crippen LogP contribution in [0.5, 0.6) is 0 Å². The minimum atomic E-state index is 1.04. The van der Waals surface area contributed by atoms with Crippen LogP contribution in [-0.4, -0.2) is 0 Å². The fourth-order valence-corrected chi connectivity index (χ4v) is 1.05. The molecule has 0 N–H and O–H groups in total. The second kappa shape index (κ2) is 3.45. The Morgan fingerprint density at radius 3 is 2.90 bits per heavy atom. The molecule has 0 spiro atoms. The van der Waals surface area contributed by atoms with Crippen molar-refractivity contribution in [3.05, 3.63) is 23.7 Å². The molecule has 0 bridgehead atoms. The third kappa shape index (κ3) is 1.90. The van der Waals surface area contributed by atoms with Gasteiger partial charge in [-0.2, -0.15) is 0 Å². The van der Waals surface area contributed by atoms with Crippen molar-refractivity contribution in [2.75, 3.05) is 0 Å². The Morgan fingerprint density at radius 1 is 1.50 bits per heavy atom. The molecule has 1 aliphatic rings. The van der Waals surface area contributed by atoms with Crippen molar-refractivity contribution in [3.63, 3.8) is 0 Å². The van der Waals surface area contributed by atoms with E-state index in [4.69, 9.17) is 4.74 Å². The normalized spacial score (nSPS) is 17.4. The summed E-state index contributed by atoms with van der Waals surface area (Å²) in [5, 5.41) is 0. The van der Waals surface area contributed by atoms with Crippen LogP contribution in [0.1, 0.15) is 33.1 Å². The van der Waals surface area contributed by atoms with E-state index in [0.29, 0.717) is 0 Å². The van der Waals surface area contributed by atoms with Gasteiger partial charge in [0.05, 0.1) is 11.5 Å². The summed E-state index contributed by atoms with van der Waals surface area (Å²) in [6.45, 7) is 4.17. The van der Waals surface area contributed by atoms with Gasteiger partial charge in [-0.3, -0.25) is 0 Å². The Hall–Kier alpha value is -0.720. The van der Waals surface area contributed by atoms with Gasteiger partial charge in [0.2, 0.25) is 0 Å². The fourth-order valence-electron chi connectivity index (χ4n) is 1.05. The van der Waals surface area contributed by atoms with Crippen molar-refractivity contribution in [2.24, 2.45) is 0 Å². The monoisotopic (exact) mass is 138 g/mol. The number of rotatable bonds is 2. The van der Waals surface area contributed by atoms with Crippen molar-refractivity contribution >= 4 is 0 Å². The highest BCUT2D eigenvalue weighted by Crippen LogP contribution is 2.17. The van der Waals surface area contributed by atoms with Crippen LogP contribution in [0.3, 0.4) is 0 Å². The third-order valence-electron chi connectivity index (χ3n) is 1.54. The molecule has 56 valence electrons. The SMILES string of the molecule is CCCC1=CCC=C(C)O1. The van der Waals surface area contributed by atoms with Gasteiger partial charge in [0.15, 0.2) is 0 Å². The first-order valence-electron chi connectivity index (χ1n) is 3.86. The fraction of sp³-hybridized carbons (Fsp3) is 0.556. The summed E-state index contributed by atoms with van der Waals surface area (Å²) in [6, 6.07) is 0. The van der Waals surface area contributed by atoms with Gasteiger partial charge in [-0.05, 0) is 31.9 Å². The molecule has 0 amide bonds. The molecule has 0 fully saturated rings. The smallest absolute Gasteiger partial charge is 0.0999 e. The van der Waals surface area contributed by atoms with Crippen LogP contribution < -0.4 is 0 Å². The minimum absolute atomic E-state index is 1.04. The van der Waals surface area contributed by atoms with Crippen LogP contribution in [0.2, 0.25) is 0 Å². The van der Waals surface area contributed by atoms with Gasteiger partial charge in [0.25, 0.3) is 0 Å². The topological polar surface area (TPSA) is 9.23 Å². The highest BCUT2D eigenvalue weighted by molar-refractivity contribution is 5.08. The minimum Gasteiger partial charge on any atom is -0.467 e. The van der Waals surface area contributed by atoms with Gasteiger partial charge >= 0.3 is 0 Å². The largest absolute Gasteiger partial charge is 0.467 e. The highest BCUT2D eigenvalue weighted by atomic mass is 16.5. The van der Waals surface area contributed by atoms with Crippen molar-refractivity contribution in [1.82, 2.24) is 0 Å². The molecule has 1 rings (SSSR count). The molecular formula is C9H14O. The van der Waals surface area contributed by atoms with E-state index in [1.54, 1.807) is 0 Å². The Labute approximate surface area is 62.4 Å². The van der Waals surface area contributed by atoms with Crippen molar-refractivity contribution in [3.8, 4) is 0 Å². The number of ether oxygens (including phenoxy) is 1. The van der Waals surface area contributed by atoms with Gasteiger partial charge in [0.1, 0.15) is 0 Å². The standard InChI is InChI=1S/C9H14O/c1-3-5-9-7-4-6-8(2)10-9/h6-7H,3-5H2,1-2H3. The summed E-state index contributed by atoms with van der Waals surface area (Å²) < 4.78 is 5.45. The van der Waals surface area contributed by atoms with Crippen LogP contribution in [0.25, 0.3) is 0 Å². The van der Waals surface area contributed by atoms with Gasteiger partial charge in [-0.15, -0.1) is 0 Å². The number of allylic oxidation sites excluding steroid dienone is 4. The molecule has 0 aromatic heterocycles. The van der Waals surface area contributed by atoms with Gasteiger partial charge in [-0.1, -0.05) is 6.92 Å². The van der Waals surface area contributed by atoms with Crippen molar-refractivity contribution in [2.45, 2.75) is 33.1 Å². The first-order chi connectivity index (χ1) is 4.83. The first kappa shape index (κ1) is 7.39. The molecule has 0 aliphatic carbocycles. The lowest BCUT2D eigenvalue weighted by Gasteiger charge is -2.12. The summed E-state index contributed by atoms with van der Waals surface area (Å²) in [6.07, 6.45) is 7.53. The molecule has 0 saturated heterocycles. The second-order valence-electron chi connectivity index (χ2n) is 2.57. The highest BCUT2D eigenvalue weighted by Gasteiger charge is 2.01. The first-order valence-corrected chi connectivity index (χ1v) is 3.86. The summed E-state index contributed by atoms with van der Waals surface area (Å²) in [5.41, 5.74) is 0. The van der Waals surface area contributed by atoms with E-state index in [0.717, 1.165) is 24.4 Å². The Bertz CT molecular complexity index is 166. The molecule has 0 aromatic carbocycles. The summed E-state index contributed by atoms with van der Waals surface area (Å²) in [7, 11) is 0. The molecule has 0 unspecified atom stereocenters. The molecule has 1 heteroatoms. The van der Waals surface area contributed by atoms with Crippen molar-refractivity contribution in [1.29, 1.82) is 0 Å². The molecule has 1 aliphatic heterocycles. The molecule has 1 nitrogen and oxygen atoms in total. The lowest BCUT2D eigenvalue weighted by Crippen LogP contribution is -1.94. The molecule has 1 heterocycles. The van der Waals surface area contributed by atoms with Gasteiger partial charge in [-0.25, -0.2) is 0 Å². The quantitative estimate of drug-likeness (QED) is 0.570. The third-order valence-corrected chi connectivity index (χ3v) is 1.54. The maximum atomic E-state index is 5.45. The maximum Gasteiger partial charge on any atom is 0.0999 e. The van der Waals surface area contributed by atoms with Crippen LogP contribution in [0, 0.1) is 0 Å². The van der Waals surface area contributed by atoms with E-state index in [-0.39, 0.29) is 0 Å². The average Bonchev–Trinajstić information content (AvgIpc) is 1.88. The summed E-state index contributed by atoms with van der Waals surface area (Å²) in [4.78, 5) is 0. The maximum absolute atomic E-state index is 5.45. The lowest BCUT2D eigenvalue weighted by molar-refractivity contribution is 0.282. The zero-order valence-electron chi connectivity index (χ0n) is 6.68. The Kier molecular flexibility index (Phi) is 2.55. The van der Waals surface area contributed by atoms with E-state index in [2.05, 4.69) is 19.1 Å². The average molecular weight is 138 g/mol. The van der Waals surface area contributed by atoms with E-state index in [1.165, 1.54) is 6.42 Å². The predicted octanol–water partition coefficient (Wildman–Crippen LogP) is 2.99. The molecule has 0 atom stereocenters. The Morgan fingerprint density at radius 2 is 2.30 bits per heavy atom. The van der Waals surface area contributed by atoms with Crippen LogP contribution in [0.4, 0.5) is 0 Å². The number of hydrogen-bond donors (Lipinski definition) is 0. The van der Waals surface area contributed by atoms with Crippen LogP contribution in [0.15, 0.2) is 23.7 Å². The van der Waals surface area contributed by atoms with E-state index in [9.17, 15) is 0 Å². The zero-order valence-corrected chi connectivity index (χ0v) is 6.68. The lowest BCUT2D eigenvalue weighted by atomic mass is 10.2. The van der Waals surface area contributed by atoms with Gasteiger partial charge in [0, 0.05) is 6.42 Å². The second-order valence-corrected chi connectivity index (χ2v) is 2.57. The zero-order chi connectivity index (χ0) is 7.40. The van der Waals surface area contributed by atoms with Crippen molar-refractivity contribution < 1.29 is 4.74 Å². The van der Waals surface area contributed by atoms with E-state index >= 15 is 0 Å². The predicted molar refractivity (Wildman–Crippen MR) is 42.5 cm³/mol. The van der Waals surface area contributed by atoms with Gasteiger partial charge < -0.3 is 4.74 Å². The van der Waals surface area contributed by atoms with Crippen LogP contribution >= 0.6 is 0 Å².